The van der Waals surface area contributed by atoms with Gasteiger partial charge in [-0.25, -0.2) is 0 Å². The molecule has 0 bridgehead atoms. The highest BCUT2D eigenvalue weighted by molar-refractivity contribution is 6.73. The average molecular weight is 865 g/mol. The number of aliphatic hydroxyl groups is 1. The zero-order valence-electron chi connectivity index (χ0n) is 37.5. The summed E-state index contributed by atoms with van der Waals surface area (Å²) < 4.78 is 54.4. The number of hydrogen-bond acceptors (Lipinski definition) is 9. The average Bonchev–Trinajstić information content (AvgIpc) is 3.27. The maximum atomic E-state index is 11.7. The number of rotatable bonds is 17. The van der Waals surface area contributed by atoms with Crippen molar-refractivity contribution in [2.45, 2.75) is 152 Å². The van der Waals surface area contributed by atoms with Gasteiger partial charge in [0.25, 0.3) is 0 Å². The van der Waals surface area contributed by atoms with Crippen LogP contribution < -0.4 is 0 Å². The third-order valence-corrected chi connectivity index (χ3v) is 17.8. The quantitative estimate of drug-likeness (QED) is 0.0823. The van der Waals surface area contributed by atoms with Gasteiger partial charge in [-0.1, -0.05) is 151 Å². The van der Waals surface area contributed by atoms with Crippen molar-refractivity contribution in [1.82, 2.24) is 0 Å². The van der Waals surface area contributed by atoms with Crippen molar-refractivity contribution in [2.75, 3.05) is 13.2 Å². The summed E-state index contributed by atoms with van der Waals surface area (Å²) in [6.07, 6.45) is -0.0101. The lowest BCUT2D eigenvalue weighted by Crippen LogP contribution is -2.67. The van der Waals surface area contributed by atoms with Gasteiger partial charge in [-0.15, -0.1) is 13.2 Å². The molecule has 4 aromatic carbocycles. The molecule has 0 saturated carbocycles. The van der Waals surface area contributed by atoms with Crippen LogP contribution in [-0.2, 0) is 57.1 Å². The largest absolute Gasteiger partial charge is 0.391 e. The Labute approximate surface area is 370 Å². The van der Waals surface area contributed by atoms with Crippen LogP contribution in [0, 0.1) is 0 Å². The first-order valence-corrected chi connectivity index (χ1v) is 24.2. The Morgan fingerprint density at radius 3 is 1.95 bits per heavy atom. The first-order chi connectivity index (χ1) is 29.8. The summed E-state index contributed by atoms with van der Waals surface area (Å²) in [5, 5.41) is 13.6. The molecule has 3 saturated heterocycles. The molecule has 0 aromatic heterocycles. The van der Waals surface area contributed by atoms with Crippen LogP contribution in [0.2, 0.25) is 10.1 Å². The zero-order chi connectivity index (χ0) is 43.9. The van der Waals surface area contributed by atoms with Crippen molar-refractivity contribution < 1.29 is 42.4 Å². The minimum Gasteiger partial charge on any atom is -0.391 e. The summed E-state index contributed by atoms with van der Waals surface area (Å²) in [6, 6.07) is 35.0. The minimum absolute atomic E-state index is 0.187. The van der Waals surface area contributed by atoms with Crippen LogP contribution in [0.15, 0.2) is 128 Å². The summed E-state index contributed by atoms with van der Waals surface area (Å²) >= 11 is 0. The lowest BCUT2D eigenvalue weighted by molar-refractivity contribution is -0.238. The molecule has 0 radical (unpaired) electrons. The molecule has 1 N–H and O–H groups in total. The minimum atomic E-state index is -2.78. The number of fused-ring (bicyclic) bond motifs is 2. The van der Waals surface area contributed by atoms with E-state index in [1.54, 1.807) is 6.08 Å². The van der Waals surface area contributed by atoms with Crippen LogP contribution >= 0.6 is 0 Å². The predicted octanol–water partition coefficient (Wildman–Crippen LogP) is 10.2. The third kappa shape index (κ3) is 11.0. The lowest BCUT2D eigenvalue weighted by Gasteiger charge is -2.56. The van der Waals surface area contributed by atoms with Crippen LogP contribution in [-0.4, -0.2) is 87.9 Å². The van der Waals surface area contributed by atoms with E-state index in [1.807, 2.05) is 48.5 Å². The molecule has 3 heterocycles. The second-order valence-corrected chi connectivity index (χ2v) is 23.9. The van der Waals surface area contributed by atoms with Gasteiger partial charge in [0.2, 0.25) is 0 Å². The van der Waals surface area contributed by atoms with E-state index in [9.17, 15) is 5.11 Å². The summed E-state index contributed by atoms with van der Waals surface area (Å²) in [4.78, 5) is 0. The molecule has 0 aliphatic carbocycles. The van der Waals surface area contributed by atoms with E-state index in [0.717, 1.165) is 22.1 Å². The second kappa shape index (κ2) is 20.5. The van der Waals surface area contributed by atoms with Crippen LogP contribution in [0.3, 0.4) is 0 Å². The summed E-state index contributed by atoms with van der Waals surface area (Å²) in [6.45, 7) is 23.4. The molecular weight excluding hydrogens is 797 g/mol. The van der Waals surface area contributed by atoms with Crippen molar-refractivity contribution >= 4 is 19.3 Å². The standard InChI is InChI=1S/C52H68O9Si/c1-9-41(53)43(59-46-30-48-50(58-42(46)10-2)35-57-62(61-48,51(3,4)5)52(6,7)8)28-47-44(56-33-38-25-26-39-23-17-18-24-40(39)27-38)29-45(55-32-37-21-15-12-16-22-37)49(60-47)34-54-31-36-19-13-11-14-20-36/h9-27,41-50,53H,1-2,28-35H2,3-8H3/t41-,42-,43?,44-,45+,46+,47+,48-,49-,50+/m0/s1. The Balaban J connectivity index is 1.14. The molecule has 0 spiro atoms. The Morgan fingerprint density at radius 2 is 1.31 bits per heavy atom. The van der Waals surface area contributed by atoms with Crippen molar-refractivity contribution in [2.24, 2.45) is 0 Å². The van der Waals surface area contributed by atoms with Gasteiger partial charge in [-0.3, -0.25) is 0 Å². The van der Waals surface area contributed by atoms with Crippen molar-refractivity contribution in [3.8, 4) is 0 Å². The van der Waals surface area contributed by atoms with Crippen LogP contribution in [0.4, 0.5) is 0 Å². The lowest BCUT2D eigenvalue weighted by atomic mass is 9.92. The maximum absolute atomic E-state index is 11.7. The molecule has 7 rings (SSSR count). The van der Waals surface area contributed by atoms with Crippen molar-refractivity contribution in [1.29, 1.82) is 0 Å². The molecule has 0 amide bonds. The number of benzene rings is 4. The van der Waals surface area contributed by atoms with E-state index in [2.05, 4.69) is 109 Å². The van der Waals surface area contributed by atoms with E-state index in [-0.39, 0.29) is 28.4 Å². The maximum Gasteiger partial charge on any atom is 0.349 e. The Morgan fingerprint density at radius 1 is 0.694 bits per heavy atom. The van der Waals surface area contributed by atoms with Gasteiger partial charge in [-0.05, 0) is 33.5 Å². The highest BCUT2D eigenvalue weighted by Crippen LogP contribution is 2.55. The summed E-state index contributed by atoms with van der Waals surface area (Å²) in [5.74, 6) is 0. The molecule has 3 aliphatic heterocycles. The van der Waals surface area contributed by atoms with Crippen molar-refractivity contribution in [3.63, 3.8) is 0 Å². The van der Waals surface area contributed by atoms with Gasteiger partial charge >= 0.3 is 8.56 Å². The van der Waals surface area contributed by atoms with E-state index < -0.39 is 51.3 Å². The highest BCUT2D eigenvalue weighted by atomic mass is 28.4. The first-order valence-electron chi connectivity index (χ1n) is 22.3. The van der Waals surface area contributed by atoms with Gasteiger partial charge in [-0.2, -0.15) is 0 Å². The zero-order valence-corrected chi connectivity index (χ0v) is 38.5. The Hall–Kier alpha value is -3.52. The van der Waals surface area contributed by atoms with Crippen LogP contribution in [0.25, 0.3) is 10.8 Å². The fraction of sp³-hybridized carbons (Fsp3) is 0.500. The molecule has 9 nitrogen and oxygen atoms in total. The molecule has 10 heteroatoms. The first kappa shape index (κ1) is 46.5. The van der Waals surface area contributed by atoms with Gasteiger partial charge in [0, 0.05) is 29.3 Å². The van der Waals surface area contributed by atoms with Gasteiger partial charge in [0.05, 0.1) is 75.8 Å². The normalized spacial score (nSPS) is 27.5. The summed E-state index contributed by atoms with van der Waals surface area (Å²) in [5.41, 5.74) is 3.20. The van der Waals surface area contributed by atoms with E-state index in [0.29, 0.717) is 52.3 Å². The number of aliphatic hydroxyl groups excluding tert-OH is 1. The third-order valence-electron chi connectivity index (χ3n) is 12.6. The Bertz CT molecular complexity index is 2020. The van der Waals surface area contributed by atoms with E-state index >= 15 is 0 Å². The SMILES string of the molecule is C=C[C@@H]1O[C@@H]2CO[Si](C(C)(C)C)(C(C)(C)C)O[C@H]2C[C@H]1OC(C[C@H]1O[C@@H](COCc2ccccc2)[C@H](OCc2ccccc2)C[C@@H]1OCc1ccc2ccccc2c1)[C@@H](O)C=C. The Kier molecular flexibility index (Phi) is 15.4. The van der Waals surface area contributed by atoms with Gasteiger partial charge in [0.15, 0.2) is 0 Å². The van der Waals surface area contributed by atoms with Crippen LogP contribution in [0.1, 0.15) is 77.5 Å². The fourth-order valence-corrected chi connectivity index (χ4v) is 14.5. The molecule has 3 aliphatic rings. The summed E-state index contributed by atoms with van der Waals surface area (Å²) in [7, 11) is -2.78. The number of hydrogen-bond donors (Lipinski definition) is 1. The number of ether oxygens (including phenoxy) is 6. The molecule has 1 unspecified atom stereocenters. The monoisotopic (exact) mass is 864 g/mol. The van der Waals surface area contributed by atoms with Crippen LogP contribution in [0.5, 0.6) is 0 Å². The smallest absolute Gasteiger partial charge is 0.349 e. The van der Waals surface area contributed by atoms with Gasteiger partial charge in [0.1, 0.15) is 18.3 Å². The predicted molar refractivity (Wildman–Crippen MR) is 246 cm³/mol. The topological polar surface area (TPSA) is 94.1 Å². The second-order valence-electron chi connectivity index (χ2n) is 19.2. The molecule has 62 heavy (non-hydrogen) atoms. The molecule has 10 atom stereocenters. The van der Waals surface area contributed by atoms with Gasteiger partial charge < -0.3 is 42.4 Å². The highest BCUT2D eigenvalue weighted by Gasteiger charge is 2.63. The fourth-order valence-electron chi connectivity index (χ4n) is 9.56. The van der Waals surface area contributed by atoms with E-state index in [1.165, 1.54) is 11.5 Å². The molecule has 3 fully saturated rings. The van der Waals surface area contributed by atoms with Crippen molar-refractivity contribution in [3.05, 3.63) is 145 Å². The molecule has 334 valence electrons. The van der Waals surface area contributed by atoms with E-state index in [4.69, 9.17) is 37.3 Å². The molecule has 4 aromatic rings. The molecular formula is C52H68O9Si.